The van der Waals surface area contributed by atoms with Crippen molar-refractivity contribution in [2.45, 2.75) is 25.2 Å². The van der Waals surface area contributed by atoms with Gasteiger partial charge in [-0.1, -0.05) is 24.3 Å². The summed E-state index contributed by atoms with van der Waals surface area (Å²) in [6.45, 7) is 0.698. The van der Waals surface area contributed by atoms with Gasteiger partial charge in [0.25, 0.3) is 5.56 Å². The summed E-state index contributed by atoms with van der Waals surface area (Å²) < 4.78 is 15.7. The van der Waals surface area contributed by atoms with Crippen LogP contribution in [0, 0.1) is 0 Å². The Morgan fingerprint density at radius 2 is 1.93 bits per heavy atom. The fourth-order valence-corrected chi connectivity index (χ4v) is 3.94. The lowest BCUT2D eigenvalue weighted by Gasteiger charge is -2.17. The van der Waals surface area contributed by atoms with Crippen molar-refractivity contribution in [2.24, 2.45) is 0 Å². The summed E-state index contributed by atoms with van der Waals surface area (Å²) in [5, 5.41) is 5.70. The topological polar surface area (TPSA) is 93.4 Å². The number of rotatable bonds is 7. The molecule has 0 bridgehead atoms. The van der Waals surface area contributed by atoms with Crippen LogP contribution in [0.25, 0.3) is 0 Å². The number of carbonyl (C=O) groups is 1. The maximum absolute atomic E-state index is 12.7. The summed E-state index contributed by atoms with van der Waals surface area (Å²) in [7, 11) is 2.94. The van der Waals surface area contributed by atoms with Gasteiger partial charge in [-0.3, -0.25) is 14.7 Å². The van der Waals surface area contributed by atoms with Gasteiger partial charge < -0.3 is 19.3 Å². The van der Waals surface area contributed by atoms with E-state index in [0.717, 1.165) is 29.0 Å². The van der Waals surface area contributed by atoms with Crippen LogP contribution >= 0.6 is 0 Å². The van der Waals surface area contributed by atoms with Crippen LogP contribution in [0.15, 0.2) is 47.3 Å². The zero-order valence-corrected chi connectivity index (χ0v) is 17.0. The number of nitrogens with one attached hydrogen (secondary N) is 2. The van der Waals surface area contributed by atoms with Crippen LogP contribution in [-0.2, 0) is 22.4 Å². The Kier molecular flexibility index (Phi) is 5.61. The zero-order valence-electron chi connectivity index (χ0n) is 17.0. The molecule has 0 fully saturated rings. The van der Waals surface area contributed by atoms with E-state index in [1.165, 1.54) is 12.7 Å². The van der Waals surface area contributed by atoms with Gasteiger partial charge in [0, 0.05) is 30.0 Å². The molecule has 0 saturated carbocycles. The summed E-state index contributed by atoms with van der Waals surface area (Å²) in [4.78, 5) is 24.9. The third-order valence-electron chi connectivity index (χ3n) is 5.50. The number of benzene rings is 2. The molecule has 2 aromatic carbocycles. The molecule has 0 aliphatic carbocycles. The van der Waals surface area contributed by atoms with Crippen molar-refractivity contribution in [3.8, 4) is 11.5 Å². The van der Waals surface area contributed by atoms with E-state index in [2.05, 4.69) is 16.3 Å². The molecular weight excluding hydrogens is 384 g/mol. The molecule has 7 nitrogen and oxygen atoms in total. The van der Waals surface area contributed by atoms with Gasteiger partial charge in [-0.2, -0.15) is 0 Å². The van der Waals surface area contributed by atoms with Crippen LogP contribution < -0.4 is 15.0 Å². The molecule has 0 spiro atoms. The molecule has 0 saturated heterocycles. The Morgan fingerprint density at radius 1 is 1.13 bits per heavy atom. The quantitative estimate of drug-likeness (QED) is 0.587. The van der Waals surface area contributed by atoms with E-state index < -0.39 is 5.92 Å². The minimum Gasteiger partial charge on any atom is -0.497 e. The van der Waals surface area contributed by atoms with E-state index in [-0.39, 0.29) is 17.9 Å². The maximum atomic E-state index is 12.7. The molecule has 1 aliphatic heterocycles. The molecule has 0 unspecified atom stereocenters. The Morgan fingerprint density at radius 3 is 2.67 bits per heavy atom. The van der Waals surface area contributed by atoms with Crippen LogP contribution in [0.1, 0.15) is 40.3 Å². The number of aromatic amines is 2. The first-order valence-electron chi connectivity index (χ1n) is 9.84. The average molecular weight is 408 g/mol. The predicted octanol–water partition coefficient (Wildman–Crippen LogP) is 2.93. The first kappa shape index (κ1) is 19.8. The van der Waals surface area contributed by atoms with E-state index in [1.807, 2.05) is 36.4 Å². The van der Waals surface area contributed by atoms with Crippen LogP contribution in [0.5, 0.6) is 11.5 Å². The minimum absolute atomic E-state index is 0.0643. The molecule has 156 valence electrons. The third kappa shape index (κ3) is 3.96. The van der Waals surface area contributed by atoms with Gasteiger partial charge in [0.1, 0.15) is 11.5 Å². The van der Waals surface area contributed by atoms with Crippen molar-refractivity contribution in [1.29, 1.82) is 0 Å². The molecular formula is C23H24N2O5. The smallest absolute Gasteiger partial charge is 0.306 e. The summed E-state index contributed by atoms with van der Waals surface area (Å²) in [6, 6.07) is 13.5. The summed E-state index contributed by atoms with van der Waals surface area (Å²) >= 11 is 0. The standard InChI is InChI=1S/C23H24N2O5/c1-28-17-6-4-15(5-7-17)18(13-21(26)29-2)22-19(24-25-23(22)27)12-14-3-8-20-16(11-14)9-10-30-20/h3-8,11,18H,9-10,12-13H2,1-2H3,(H2,24,25,27)/t18-/m1/s1. The van der Waals surface area contributed by atoms with Crippen molar-refractivity contribution in [3.63, 3.8) is 0 Å². The van der Waals surface area contributed by atoms with Crippen LogP contribution in [0.4, 0.5) is 0 Å². The normalized spacial score (nSPS) is 13.4. The molecule has 1 aliphatic rings. The Labute approximate surface area is 174 Å². The second-order valence-corrected chi connectivity index (χ2v) is 7.29. The van der Waals surface area contributed by atoms with Gasteiger partial charge >= 0.3 is 5.97 Å². The van der Waals surface area contributed by atoms with Crippen LogP contribution in [0.2, 0.25) is 0 Å². The first-order valence-corrected chi connectivity index (χ1v) is 9.84. The predicted molar refractivity (Wildman–Crippen MR) is 111 cm³/mol. The molecule has 30 heavy (non-hydrogen) atoms. The van der Waals surface area contributed by atoms with E-state index in [0.29, 0.717) is 24.3 Å². The minimum atomic E-state index is -0.439. The third-order valence-corrected chi connectivity index (χ3v) is 5.50. The zero-order chi connectivity index (χ0) is 21.1. The van der Waals surface area contributed by atoms with E-state index in [1.54, 1.807) is 7.11 Å². The highest BCUT2D eigenvalue weighted by Gasteiger charge is 2.26. The number of ether oxygens (including phenoxy) is 3. The highest BCUT2D eigenvalue weighted by molar-refractivity contribution is 5.71. The van der Waals surface area contributed by atoms with Gasteiger partial charge in [-0.05, 0) is 34.9 Å². The van der Waals surface area contributed by atoms with Crippen LogP contribution in [-0.4, -0.2) is 37.0 Å². The fraction of sp³-hybridized carbons (Fsp3) is 0.304. The van der Waals surface area contributed by atoms with Crippen molar-refractivity contribution in [2.75, 3.05) is 20.8 Å². The number of fused-ring (bicyclic) bond motifs is 1. The van der Waals surface area contributed by atoms with E-state index >= 15 is 0 Å². The van der Waals surface area contributed by atoms with Crippen molar-refractivity contribution < 1.29 is 19.0 Å². The molecule has 2 heterocycles. The highest BCUT2D eigenvalue weighted by atomic mass is 16.5. The Bertz CT molecular complexity index is 1100. The Balaban J connectivity index is 1.70. The SMILES string of the molecule is COC(=O)C[C@H](c1ccc(OC)cc1)c1c(Cc2ccc3c(c2)CCO3)[nH][nH]c1=O. The van der Waals surface area contributed by atoms with E-state index in [4.69, 9.17) is 14.2 Å². The first-order chi connectivity index (χ1) is 14.6. The average Bonchev–Trinajstić information content (AvgIpc) is 3.38. The molecule has 0 amide bonds. The van der Waals surface area contributed by atoms with Crippen molar-refractivity contribution >= 4 is 5.97 Å². The number of hydrogen-bond donors (Lipinski definition) is 2. The molecule has 3 aromatic rings. The number of hydrogen-bond acceptors (Lipinski definition) is 5. The largest absolute Gasteiger partial charge is 0.497 e. The van der Waals surface area contributed by atoms with Gasteiger partial charge in [-0.15, -0.1) is 0 Å². The monoisotopic (exact) mass is 408 g/mol. The van der Waals surface area contributed by atoms with Gasteiger partial charge in [0.15, 0.2) is 0 Å². The van der Waals surface area contributed by atoms with Crippen molar-refractivity contribution in [1.82, 2.24) is 10.2 Å². The molecule has 7 heteroatoms. The fourth-order valence-electron chi connectivity index (χ4n) is 3.94. The van der Waals surface area contributed by atoms with Gasteiger partial charge in [-0.25, -0.2) is 0 Å². The lowest BCUT2D eigenvalue weighted by molar-refractivity contribution is -0.140. The molecule has 0 radical (unpaired) electrons. The Hall–Kier alpha value is -3.48. The molecule has 4 rings (SSSR count). The number of aromatic nitrogens is 2. The van der Waals surface area contributed by atoms with Gasteiger partial charge in [0.2, 0.25) is 0 Å². The lowest BCUT2D eigenvalue weighted by atomic mass is 9.87. The lowest BCUT2D eigenvalue weighted by Crippen LogP contribution is -2.18. The second-order valence-electron chi connectivity index (χ2n) is 7.29. The molecule has 1 atom stereocenters. The second kappa shape index (κ2) is 8.49. The van der Waals surface area contributed by atoms with Crippen molar-refractivity contribution in [3.05, 3.63) is 80.8 Å². The summed E-state index contributed by atoms with van der Waals surface area (Å²) in [5.74, 6) is 0.811. The molecule has 1 aromatic heterocycles. The number of esters is 1. The number of H-pyrrole nitrogens is 2. The maximum Gasteiger partial charge on any atom is 0.306 e. The summed E-state index contributed by atoms with van der Waals surface area (Å²) in [5.41, 5.74) is 4.15. The number of methoxy groups -OCH3 is 2. The van der Waals surface area contributed by atoms with Crippen LogP contribution in [0.3, 0.4) is 0 Å². The molecule has 2 N–H and O–H groups in total. The highest BCUT2D eigenvalue weighted by Crippen LogP contribution is 2.31. The number of carbonyl (C=O) groups excluding carboxylic acids is 1. The van der Waals surface area contributed by atoms with Gasteiger partial charge in [0.05, 0.1) is 27.2 Å². The van der Waals surface area contributed by atoms with E-state index in [9.17, 15) is 9.59 Å². The summed E-state index contributed by atoms with van der Waals surface area (Å²) in [6.07, 6.45) is 1.49.